The van der Waals surface area contributed by atoms with Crippen LogP contribution in [0.3, 0.4) is 0 Å². The first-order valence-electron chi connectivity index (χ1n) is 8.80. The van der Waals surface area contributed by atoms with Gasteiger partial charge in [-0.3, -0.25) is 14.5 Å². The summed E-state index contributed by atoms with van der Waals surface area (Å²) in [5.74, 6) is -1.35. The highest BCUT2D eigenvalue weighted by Crippen LogP contribution is 2.23. The van der Waals surface area contributed by atoms with Crippen LogP contribution in [-0.4, -0.2) is 42.4 Å². The van der Waals surface area contributed by atoms with Crippen molar-refractivity contribution in [2.75, 3.05) is 24.2 Å². The van der Waals surface area contributed by atoms with E-state index in [-0.39, 0.29) is 18.4 Å². The number of nitrogens with zero attached hydrogens (tertiary/aromatic N) is 1. The lowest BCUT2D eigenvalue weighted by atomic mass is 10.0. The minimum absolute atomic E-state index is 0.160. The molecule has 28 heavy (non-hydrogen) atoms. The Balaban J connectivity index is 1.73. The summed E-state index contributed by atoms with van der Waals surface area (Å²) in [6.45, 7) is 1.17. The predicted molar refractivity (Wildman–Crippen MR) is 108 cm³/mol. The average Bonchev–Trinajstić information content (AvgIpc) is 3.13. The molecular formula is C20H21N3O4S. The highest BCUT2D eigenvalue weighted by molar-refractivity contribution is 7.98. The van der Waals surface area contributed by atoms with Gasteiger partial charge in [-0.25, -0.2) is 4.79 Å². The van der Waals surface area contributed by atoms with Crippen LogP contribution in [0.25, 0.3) is 0 Å². The number of benzene rings is 2. The Hall–Kier alpha value is -3.00. The van der Waals surface area contributed by atoms with Crippen molar-refractivity contribution in [1.29, 1.82) is 0 Å². The van der Waals surface area contributed by atoms with Crippen LogP contribution < -0.4 is 15.5 Å². The lowest BCUT2D eigenvalue weighted by molar-refractivity contribution is -0.137. The maximum atomic E-state index is 12.6. The monoisotopic (exact) mass is 399 g/mol. The molecule has 1 fully saturated rings. The van der Waals surface area contributed by atoms with Gasteiger partial charge in [0.1, 0.15) is 0 Å². The van der Waals surface area contributed by atoms with Gasteiger partial charge < -0.3 is 15.7 Å². The van der Waals surface area contributed by atoms with Crippen LogP contribution >= 0.6 is 11.8 Å². The molecule has 3 amide bonds. The van der Waals surface area contributed by atoms with Crippen LogP contribution in [0.5, 0.6) is 0 Å². The van der Waals surface area contributed by atoms with Crippen LogP contribution in [0, 0.1) is 0 Å². The minimum Gasteiger partial charge on any atom is -0.481 e. The number of carbonyl (C=O) groups is 3. The van der Waals surface area contributed by atoms with Gasteiger partial charge in [0.25, 0.3) is 5.91 Å². The van der Waals surface area contributed by atoms with E-state index in [1.165, 1.54) is 0 Å². The van der Waals surface area contributed by atoms with Gasteiger partial charge in [0.15, 0.2) is 0 Å². The molecule has 0 saturated carbocycles. The average molecular weight is 399 g/mol. The smallest absolute Gasteiger partial charge is 0.321 e. The van der Waals surface area contributed by atoms with Crippen molar-refractivity contribution >= 4 is 35.4 Å². The number of urea groups is 1. The van der Waals surface area contributed by atoms with E-state index in [0.29, 0.717) is 24.3 Å². The third-order valence-corrected chi connectivity index (χ3v) is 5.24. The molecule has 146 valence electrons. The molecule has 0 bridgehead atoms. The van der Waals surface area contributed by atoms with Gasteiger partial charge in [-0.1, -0.05) is 12.1 Å². The highest BCUT2D eigenvalue weighted by Gasteiger charge is 2.22. The summed E-state index contributed by atoms with van der Waals surface area (Å²) in [5, 5.41) is 14.7. The van der Waals surface area contributed by atoms with Gasteiger partial charge in [-0.05, 0) is 48.2 Å². The van der Waals surface area contributed by atoms with Crippen molar-refractivity contribution in [2.24, 2.45) is 0 Å². The lowest BCUT2D eigenvalue weighted by Gasteiger charge is -2.18. The second-order valence-electron chi connectivity index (χ2n) is 6.33. The van der Waals surface area contributed by atoms with E-state index in [9.17, 15) is 19.5 Å². The van der Waals surface area contributed by atoms with E-state index in [0.717, 1.165) is 10.5 Å². The Morgan fingerprint density at radius 1 is 1.18 bits per heavy atom. The molecule has 3 rings (SSSR count). The number of carboxylic acid groups (broad SMARTS) is 1. The molecule has 3 N–H and O–H groups in total. The van der Waals surface area contributed by atoms with E-state index in [2.05, 4.69) is 10.6 Å². The van der Waals surface area contributed by atoms with Crippen molar-refractivity contribution in [3.63, 3.8) is 0 Å². The van der Waals surface area contributed by atoms with Gasteiger partial charge in [-0.2, -0.15) is 0 Å². The largest absolute Gasteiger partial charge is 0.481 e. The number of thioether (sulfide) groups is 1. The molecule has 0 spiro atoms. The molecule has 1 atom stereocenters. The van der Waals surface area contributed by atoms with E-state index >= 15 is 0 Å². The fourth-order valence-corrected chi connectivity index (χ4v) is 3.42. The zero-order valence-corrected chi connectivity index (χ0v) is 16.2. The summed E-state index contributed by atoms with van der Waals surface area (Å²) in [6.07, 6.45) is 1.75. The summed E-state index contributed by atoms with van der Waals surface area (Å²) in [7, 11) is 0. The molecule has 1 saturated heterocycles. The Morgan fingerprint density at radius 3 is 2.39 bits per heavy atom. The highest BCUT2D eigenvalue weighted by atomic mass is 32.2. The van der Waals surface area contributed by atoms with Crippen LogP contribution in [0.2, 0.25) is 0 Å². The zero-order chi connectivity index (χ0) is 20.1. The third-order valence-electron chi connectivity index (χ3n) is 4.50. The number of nitrogens with one attached hydrogen (secondary N) is 2. The zero-order valence-electron chi connectivity index (χ0n) is 15.3. The number of aliphatic carboxylic acids is 1. The van der Waals surface area contributed by atoms with Crippen molar-refractivity contribution in [2.45, 2.75) is 17.4 Å². The van der Waals surface area contributed by atoms with Crippen molar-refractivity contribution in [3.05, 3.63) is 59.7 Å². The van der Waals surface area contributed by atoms with Crippen molar-refractivity contribution in [1.82, 2.24) is 10.6 Å². The first kappa shape index (κ1) is 19.8. The molecule has 0 aliphatic carbocycles. The van der Waals surface area contributed by atoms with Gasteiger partial charge >= 0.3 is 12.0 Å². The Labute approximate surface area is 167 Å². The Kier molecular flexibility index (Phi) is 6.20. The number of hydrogen-bond acceptors (Lipinski definition) is 4. The molecule has 1 aliphatic rings. The van der Waals surface area contributed by atoms with Gasteiger partial charge in [-0.15, -0.1) is 11.8 Å². The predicted octanol–water partition coefficient (Wildman–Crippen LogP) is 2.88. The summed E-state index contributed by atoms with van der Waals surface area (Å²) >= 11 is 1.59. The molecule has 8 heteroatoms. The summed E-state index contributed by atoms with van der Waals surface area (Å²) in [5.41, 5.74) is 1.85. The number of anilines is 1. The molecular weight excluding hydrogens is 378 g/mol. The normalized spacial score (nSPS) is 14.5. The van der Waals surface area contributed by atoms with Gasteiger partial charge in [0.2, 0.25) is 0 Å². The summed E-state index contributed by atoms with van der Waals surface area (Å²) < 4.78 is 0. The topological polar surface area (TPSA) is 98.7 Å². The first-order chi connectivity index (χ1) is 13.5. The standard InChI is InChI=1S/C20H21N3O4S/c1-28-16-8-4-13(5-9-16)17(12-18(24)25)22-19(26)14-2-6-15(7-3-14)23-11-10-21-20(23)27/h2-9,17H,10-12H2,1H3,(H,21,27)(H,22,26)(H,24,25). The SMILES string of the molecule is CSc1ccc(C(CC(=O)O)NC(=O)c2ccc(N3CCNC3=O)cc2)cc1. The van der Waals surface area contributed by atoms with Crippen molar-refractivity contribution in [3.8, 4) is 0 Å². The van der Waals surface area contributed by atoms with Crippen molar-refractivity contribution < 1.29 is 19.5 Å². The van der Waals surface area contributed by atoms with Gasteiger partial charge in [0, 0.05) is 29.2 Å². The van der Waals surface area contributed by atoms with E-state index in [1.54, 1.807) is 40.9 Å². The molecule has 1 unspecified atom stereocenters. The number of carbonyl (C=O) groups excluding carboxylic acids is 2. The van der Waals surface area contributed by atoms with E-state index < -0.39 is 12.0 Å². The van der Waals surface area contributed by atoms with Gasteiger partial charge in [0.05, 0.1) is 12.5 Å². The molecule has 1 heterocycles. The number of amides is 3. The minimum atomic E-state index is -0.991. The summed E-state index contributed by atoms with van der Waals surface area (Å²) in [4.78, 5) is 38.3. The molecule has 0 radical (unpaired) electrons. The van der Waals surface area contributed by atoms with Crippen LogP contribution in [0.15, 0.2) is 53.4 Å². The maximum absolute atomic E-state index is 12.6. The van der Waals surface area contributed by atoms with Crippen LogP contribution in [-0.2, 0) is 4.79 Å². The first-order valence-corrected chi connectivity index (χ1v) is 10.0. The lowest BCUT2D eigenvalue weighted by Crippen LogP contribution is -2.30. The third kappa shape index (κ3) is 4.64. The Bertz CT molecular complexity index is 868. The summed E-state index contributed by atoms with van der Waals surface area (Å²) in [6, 6.07) is 13.3. The molecule has 2 aromatic rings. The fourth-order valence-electron chi connectivity index (χ4n) is 3.02. The second-order valence-corrected chi connectivity index (χ2v) is 7.21. The fraction of sp³-hybridized carbons (Fsp3) is 0.250. The Morgan fingerprint density at radius 2 is 1.86 bits per heavy atom. The molecule has 2 aromatic carbocycles. The van der Waals surface area contributed by atoms with Crippen LogP contribution in [0.4, 0.5) is 10.5 Å². The quantitative estimate of drug-likeness (QED) is 0.622. The number of rotatable bonds is 7. The number of carboxylic acids is 1. The second kappa shape index (κ2) is 8.79. The molecule has 0 aromatic heterocycles. The number of hydrogen-bond donors (Lipinski definition) is 3. The molecule has 7 nitrogen and oxygen atoms in total. The van der Waals surface area contributed by atoms with Crippen LogP contribution in [0.1, 0.15) is 28.4 Å². The van der Waals surface area contributed by atoms with E-state index in [1.807, 2.05) is 30.5 Å². The molecule has 1 aliphatic heterocycles. The maximum Gasteiger partial charge on any atom is 0.321 e. The van der Waals surface area contributed by atoms with E-state index in [4.69, 9.17) is 0 Å².